The number of hydrogen-bond acceptors (Lipinski definition) is 4. The molecule has 0 spiro atoms. The lowest BCUT2D eigenvalue weighted by Crippen LogP contribution is -2.52. The Morgan fingerprint density at radius 3 is 2.38 bits per heavy atom. The van der Waals surface area contributed by atoms with Crippen LogP contribution in [0.15, 0.2) is 23.1 Å². The molecule has 6 heteroatoms. The van der Waals surface area contributed by atoms with Gasteiger partial charge in [-0.1, -0.05) is 19.4 Å². The molecule has 1 N–H and O–H groups in total. The summed E-state index contributed by atoms with van der Waals surface area (Å²) in [6.45, 7) is 7.18. The van der Waals surface area contributed by atoms with Crippen molar-refractivity contribution in [2.45, 2.75) is 51.0 Å². The fraction of sp³-hybridized carbons (Fsp3) is 0.533. The third kappa shape index (κ3) is 4.04. The average Bonchev–Trinajstić information content (AvgIpc) is 2.40. The molecule has 1 aromatic rings. The van der Waals surface area contributed by atoms with Crippen molar-refractivity contribution in [3.63, 3.8) is 0 Å². The van der Waals surface area contributed by atoms with E-state index in [0.29, 0.717) is 12.8 Å². The summed E-state index contributed by atoms with van der Waals surface area (Å²) in [5.41, 5.74) is 0.632. The van der Waals surface area contributed by atoms with Gasteiger partial charge in [0.15, 0.2) is 0 Å². The van der Waals surface area contributed by atoms with E-state index in [1.807, 2.05) is 20.8 Å². The Hall–Kier alpha value is -1.40. The Balaban J connectivity index is 3.17. The van der Waals surface area contributed by atoms with Gasteiger partial charge in [0.25, 0.3) is 0 Å². The zero-order valence-electron chi connectivity index (χ0n) is 13.2. The van der Waals surface area contributed by atoms with Crippen LogP contribution in [0.2, 0.25) is 0 Å². The lowest BCUT2D eigenvalue weighted by atomic mass is 9.98. The molecule has 0 fully saturated rings. The van der Waals surface area contributed by atoms with Gasteiger partial charge in [-0.3, -0.25) is 4.79 Å². The van der Waals surface area contributed by atoms with E-state index in [1.54, 1.807) is 19.1 Å². The van der Waals surface area contributed by atoms with E-state index >= 15 is 0 Å². The SMILES string of the molecule is CCCC(C)(NS(=O)(=O)c1ccc(C)c(C)c1)C(=O)OC. The number of benzene rings is 1. The van der Waals surface area contributed by atoms with Crippen LogP contribution in [0.5, 0.6) is 0 Å². The van der Waals surface area contributed by atoms with Crippen LogP contribution in [0.25, 0.3) is 0 Å². The number of carbonyl (C=O) groups excluding carboxylic acids is 1. The molecule has 1 aromatic carbocycles. The summed E-state index contributed by atoms with van der Waals surface area (Å²) in [7, 11) is -2.53. The maximum atomic E-state index is 12.5. The minimum atomic E-state index is -3.79. The Morgan fingerprint density at radius 2 is 1.90 bits per heavy atom. The molecule has 0 saturated carbocycles. The molecule has 118 valence electrons. The van der Waals surface area contributed by atoms with E-state index in [-0.39, 0.29) is 4.90 Å². The number of hydrogen-bond donors (Lipinski definition) is 1. The first kappa shape index (κ1) is 17.7. The largest absolute Gasteiger partial charge is 0.468 e. The summed E-state index contributed by atoms with van der Waals surface area (Å²) in [6.07, 6.45) is 1.02. The van der Waals surface area contributed by atoms with Crippen LogP contribution in [0.4, 0.5) is 0 Å². The van der Waals surface area contributed by atoms with E-state index in [4.69, 9.17) is 4.74 Å². The Labute approximate surface area is 126 Å². The second-order valence-corrected chi connectivity index (χ2v) is 7.11. The molecule has 0 aliphatic rings. The van der Waals surface area contributed by atoms with Gasteiger partial charge in [-0.25, -0.2) is 8.42 Å². The molecular formula is C15H23NO4S. The van der Waals surface area contributed by atoms with Gasteiger partial charge in [-0.15, -0.1) is 0 Å². The number of esters is 1. The summed E-state index contributed by atoms with van der Waals surface area (Å²) >= 11 is 0. The third-order valence-electron chi connectivity index (χ3n) is 3.53. The van der Waals surface area contributed by atoms with Crippen molar-refractivity contribution in [3.05, 3.63) is 29.3 Å². The molecule has 0 amide bonds. The van der Waals surface area contributed by atoms with E-state index < -0.39 is 21.5 Å². The highest BCUT2D eigenvalue weighted by Crippen LogP contribution is 2.20. The van der Waals surface area contributed by atoms with Gasteiger partial charge in [0.05, 0.1) is 12.0 Å². The van der Waals surface area contributed by atoms with Crippen molar-refractivity contribution in [2.24, 2.45) is 0 Å². The summed E-state index contributed by atoms with van der Waals surface area (Å²) < 4.78 is 32.2. The standard InChI is InChI=1S/C15H23NO4S/c1-6-9-15(4,14(17)20-5)16-21(18,19)13-8-7-11(2)12(3)10-13/h7-8,10,16H,6,9H2,1-5H3. The van der Waals surface area contributed by atoms with Crippen LogP contribution >= 0.6 is 0 Å². The molecule has 0 bridgehead atoms. The molecule has 0 saturated heterocycles. The zero-order valence-corrected chi connectivity index (χ0v) is 14.0. The fourth-order valence-electron chi connectivity index (χ4n) is 2.16. The van der Waals surface area contributed by atoms with Crippen LogP contribution in [0.1, 0.15) is 37.8 Å². The van der Waals surface area contributed by atoms with Crippen LogP contribution in [-0.2, 0) is 19.6 Å². The normalized spacial score (nSPS) is 14.5. The quantitative estimate of drug-likeness (QED) is 0.818. The molecule has 21 heavy (non-hydrogen) atoms. The number of aryl methyl sites for hydroxylation is 2. The first-order valence-corrected chi connectivity index (χ1v) is 8.34. The van der Waals surface area contributed by atoms with E-state index in [0.717, 1.165) is 11.1 Å². The number of sulfonamides is 1. The van der Waals surface area contributed by atoms with Crippen molar-refractivity contribution in [3.8, 4) is 0 Å². The van der Waals surface area contributed by atoms with Gasteiger partial charge in [-0.2, -0.15) is 4.72 Å². The van der Waals surface area contributed by atoms with Crippen LogP contribution in [0, 0.1) is 13.8 Å². The van der Waals surface area contributed by atoms with Gasteiger partial charge in [0.1, 0.15) is 5.54 Å². The summed E-state index contributed by atoms with van der Waals surface area (Å²) in [5, 5.41) is 0. The fourth-order valence-corrected chi connectivity index (χ4v) is 3.63. The zero-order chi connectivity index (χ0) is 16.3. The molecule has 1 atom stereocenters. The Bertz CT molecular complexity index is 625. The maximum absolute atomic E-state index is 12.5. The topological polar surface area (TPSA) is 72.5 Å². The predicted octanol–water partition coefficient (Wildman–Crippen LogP) is 2.31. The molecule has 0 aliphatic heterocycles. The average molecular weight is 313 g/mol. The van der Waals surface area contributed by atoms with Crippen LogP contribution in [0.3, 0.4) is 0 Å². The monoisotopic (exact) mass is 313 g/mol. The Kier molecular flexibility index (Phi) is 5.53. The molecule has 0 aromatic heterocycles. The van der Waals surface area contributed by atoms with E-state index in [1.165, 1.54) is 13.2 Å². The summed E-state index contributed by atoms with van der Waals surface area (Å²) in [6, 6.07) is 4.88. The smallest absolute Gasteiger partial charge is 0.326 e. The minimum absolute atomic E-state index is 0.150. The van der Waals surface area contributed by atoms with Gasteiger partial charge in [0.2, 0.25) is 10.0 Å². The van der Waals surface area contributed by atoms with Gasteiger partial charge in [-0.05, 0) is 50.5 Å². The first-order chi connectivity index (χ1) is 9.66. The maximum Gasteiger partial charge on any atom is 0.326 e. The van der Waals surface area contributed by atoms with Gasteiger partial charge >= 0.3 is 5.97 Å². The van der Waals surface area contributed by atoms with Crippen molar-refractivity contribution in [2.75, 3.05) is 7.11 Å². The second-order valence-electron chi connectivity index (χ2n) is 5.43. The highest BCUT2D eigenvalue weighted by atomic mass is 32.2. The highest BCUT2D eigenvalue weighted by Gasteiger charge is 2.38. The molecule has 0 aliphatic carbocycles. The number of nitrogens with one attached hydrogen (secondary N) is 1. The van der Waals surface area contributed by atoms with E-state index in [9.17, 15) is 13.2 Å². The Morgan fingerprint density at radius 1 is 1.29 bits per heavy atom. The first-order valence-electron chi connectivity index (χ1n) is 6.86. The van der Waals surface area contributed by atoms with E-state index in [2.05, 4.69) is 4.72 Å². The third-order valence-corrected chi connectivity index (χ3v) is 5.13. The predicted molar refractivity (Wildman–Crippen MR) is 81.6 cm³/mol. The lowest BCUT2D eigenvalue weighted by Gasteiger charge is -2.27. The van der Waals surface area contributed by atoms with Crippen molar-refractivity contribution < 1.29 is 17.9 Å². The molecule has 5 nitrogen and oxygen atoms in total. The lowest BCUT2D eigenvalue weighted by molar-refractivity contribution is -0.147. The molecule has 0 heterocycles. The van der Waals surface area contributed by atoms with Gasteiger partial charge in [0, 0.05) is 0 Å². The summed E-state index contributed by atoms with van der Waals surface area (Å²) in [5.74, 6) is -0.586. The van der Waals surface area contributed by atoms with Crippen molar-refractivity contribution in [1.29, 1.82) is 0 Å². The minimum Gasteiger partial charge on any atom is -0.468 e. The highest BCUT2D eigenvalue weighted by molar-refractivity contribution is 7.89. The van der Waals surface area contributed by atoms with Crippen LogP contribution in [-0.4, -0.2) is 27.0 Å². The van der Waals surface area contributed by atoms with Crippen molar-refractivity contribution in [1.82, 2.24) is 4.72 Å². The number of carbonyl (C=O) groups is 1. The summed E-state index contributed by atoms with van der Waals surface area (Å²) in [4.78, 5) is 12.1. The number of methoxy groups -OCH3 is 1. The molecule has 1 rings (SSSR count). The number of rotatable bonds is 6. The molecule has 0 radical (unpaired) electrons. The van der Waals surface area contributed by atoms with Gasteiger partial charge < -0.3 is 4.74 Å². The second kappa shape index (κ2) is 6.58. The number of ether oxygens (including phenoxy) is 1. The van der Waals surface area contributed by atoms with Crippen LogP contribution < -0.4 is 4.72 Å². The molecular weight excluding hydrogens is 290 g/mol. The molecule has 1 unspecified atom stereocenters. The van der Waals surface area contributed by atoms with Crippen molar-refractivity contribution >= 4 is 16.0 Å².